The van der Waals surface area contributed by atoms with Gasteiger partial charge in [-0.3, -0.25) is 4.79 Å². The van der Waals surface area contributed by atoms with Gasteiger partial charge in [-0.2, -0.15) is 0 Å². The number of primary amides is 1. The molecule has 0 fully saturated rings. The molecule has 0 aromatic rings. The predicted molar refractivity (Wildman–Crippen MR) is 76.9 cm³/mol. The van der Waals surface area contributed by atoms with Gasteiger partial charge in [-0.1, -0.05) is 65.2 Å². The maximum atomic E-state index is 10.4. The maximum Gasteiger partial charge on any atom is 0.217 e. The molecule has 0 unspecified atom stereocenters. The topological polar surface area (TPSA) is 63.0 Å². The Balaban J connectivity index is 0. The lowest BCUT2D eigenvalue weighted by Crippen LogP contribution is -2.09. The average Bonchev–Trinajstić information content (AvgIpc) is 2.37. The third-order valence-corrected chi connectivity index (χ3v) is 2.73. The monoisotopic (exact) mass is 258 g/mol. The Morgan fingerprint density at radius 3 is 1.50 bits per heavy atom. The molecule has 0 aliphatic rings. The number of carbonyl (C=O) groups is 1. The van der Waals surface area contributed by atoms with Gasteiger partial charge in [0.05, 0.1) is 6.61 Å². The zero-order valence-corrected chi connectivity index (χ0v) is 12.4. The highest BCUT2D eigenvalue weighted by Crippen LogP contribution is 2.10. The summed E-state index contributed by atoms with van der Waals surface area (Å²) in [6, 6.07) is 0. The Bertz CT molecular complexity index is 159. The van der Waals surface area contributed by atoms with Gasteiger partial charge < -0.3 is 5.73 Å². The van der Waals surface area contributed by atoms with E-state index in [4.69, 9.17) is 5.73 Å². The lowest BCUT2D eigenvalue weighted by Gasteiger charge is -2.00. The van der Waals surface area contributed by atoms with Gasteiger partial charge in [-0.25, -0.2) is 5.11 Å². The standard InChI is InChI=1S/C12H25NO.C3H7O/c1-2-3-4-5-6-7-8-9-10-11-12(13)14;1-2-3-4/h2-11H2,1H3,(H2,13,14);2-3H2,1H3. The first-order valence-electron chi connectivity index (χ1n) is 7.55. The molecule has 1 amide bonds. The summed E-state index contributed by atoms with van der Waals surface area (Å²) in [5.74, 6) is -0.159. The molecule has 0 spiro atoms. The van der Waals surface area contributed by atoms with E-state index in [-0.39, 0.29) is 12.5 Å². The first kappa shape index (κ1) is 19.8. The SMILES string of the molecule is CCCCCCCCCCCC(N)=O.CCC[O]. The van der Waals surface area contributed by atoms with Crippen molar-refractivity contribution in [3.63, 3.8) is 0 Å². The molecule has 0 bridgehead atoms. The van der Waals surface area contributed by atoms with Crippen LogP contribution < -0.4 is 5.73 Å². The van der Waals surface area contributed by atoms with Crippen molar-refractivity contribution in [1.82, 2.24) is 0 Å². The Morgan fingerprint density at radius 2 is 1.17 bits per heavy atom. The van der Waals surface area contributed by atoms with Crippen LogP contribution in [0.1, 0.15) is 84.5 Å². The molecule has 3 heteroatoms. The fourth-order valence-corrected chi connectivity index (χ4v) is 1.61. The number of hydrogen-bond donors (Lipinski definition) is 1. The van der Waals surface area contributed by atoms with Crippen molar-refractivity contribution in [3.05, 3.63) is 0 Å². The molecule has 0 rings (SSSR count). The minimum Gasteiger partial charge on any atom is -0.370 e. The molecule has 0 heterocycles. The highest BCUT2D eigenvalue weighted by atomic mass is 16.2. The van der Waals surface area contributed by atoms with Crippen LogP contribution in [0.15, 0.2) is 0 Å². The number of nitrogens with two attached hydrogens (primary N) is 1. The minimum absolute atomic E-state index is 0.0694. The van der Waals surface area contributed by atoms with Crippen molar-refractivity contribution in [1.29, 1.82) is 0 Å². The average molecular weight is 258 g/mol. The van der Waals surface area contributed by atoms with Crippen molar-refractivity contribution in [2.75, 3.05) is 6.61 Å². The molecule has 2 N–H and O–H groups in total. The molecule has 0 atom stereocenters. The summed E-state index contributed by atoms with van der Waals surface area (Å²) in [6.45, 7) is 4.18. The van der Waals surface area contributed by atoms with Crippen LogP contribution in [0.4, 0.5) is 0 Å². The Hall–Kier alpha value is -0.570. The van der Waals surface area contributed by atoms with Gasteiger partial charge in [0.2, 0.25) is 5.91 Å². The summed E-state index contributed by atoms with van der Waals surface area (Å²) in [7, 11) is 0. The minimum atomic E-state index is -0.159. The van der Waals surface area contributed by atoms with Crippen molar-refractivity contribution < 1.29 is 9.90 Å². The smallest absolute Gasteiger partial charge is 0.217 e. The van der Waals surface area contributed by atoms with Gasteiger partial charge in [-0.15, -0.1) is 0 Å². The summed E-state index contributed by atoms with van der Waals surface area (Å²) in [5.41, 5.74) is 5.05. The molecule has 0 aliphatic carbocycles. The second-order valence-corrected chi connectivity index (χ2v) is 4.75. The molecular weight excluding hydrogens is 226 g/mol. The second kappa shape index (κ2) is 18.8. The first-order chi connectivity index (χ1) is 8.68. The fraction of sp³-hybridized carbons (Fsp3) is 0.933. The third-order valence-electron chi connectivity index (χ3n) is 2.73. The van der Waals surface area contributed by atoms with E-state index in [1.165, 1.54) is 44.9 Å². The van der Waals surface area contributed by atoms with Gasteiger partial charge >= 0.3 is 0 Å². The van der Waals surface area contributed by atoms with Crippen molar-refractivity contribution in [3.8, 4) is 0 Å². The third kappa shape index (κ3) is 24.6. The summed E-state index contributed by atoms with van der Waals surface area (Å²) in [5, 5.41) is 9.30. The van der Waals surface area contributed by atoms with Crippen LogP contribution in [0, 0.1) is 0 Å². The second-order valence-electron chi connectivity index (χ2n) is 4.75. The van der Waals surface area contributed by atoms with E-state index in [1.807, 2.05) is 6.92 Å². The molecule has 109 valence electrons. The van der Waals surface area contributed by atoms with Crippen molar-refractivity contribution in [2.24, 2.45) is 5.73 Å². The molecule has 3 nitrogen and oxygen atoms in total. The lowest BCUT2D eigenvalue weighted by atomic mass is 10.1. The largest absolute Gasteiger partial charge is 0.370 e. The van der Waals surface area contributed by atoms with Crippen molar-refractivity contribution in [2.45, 2.75) is 84.5 Å². The highest BCUT2D eigenvalue weighted by Gasteiger charge is 1.94. The van der Waals surface area contributed by atoms with Gasteiger partial charge in [0.1, 0.15) is 0 Å². The van der Waals surface area contributed by atoms with Gasteiger partial charge in [0.25, 0.3) is 0 Å². The fourth-order valence-electron chi connectivity index (χ4n) is 1.61. The van der Waals surface area contributed by atoms with Crippen molar-refractivity contribution >= 4 is 5.91 Å². The van der Waals surface area contributed by atoms with Crippen LogP contribution >= 0.6 is 0 Å². The van der Waals surface area contributed by atoms with E-state index in [2.05, 4.69) is 6.92 Å². The van der Waals surface area contributed by atoms with Gasteiger partial charge in [0.15, 0.2) is 0 Å². The molecule has 0 aliphatic heterocycles. The van der Waals surface area contributed by atoms with Gasteiger partial charge in [0, 0.05) is 6.42 Å². The van der Waals surface area contributed by atoms with Crippen LogP contribution in [0.2, 0.25) is 0 Å². The number of carbonyl (C=O) groups excluding carboxylic acids is 1. The number of unbranched alkanes of at least 4 members (excludes halogenated alkanes) is 8. The zero-order chi connectivity index (χ0) is 14.1. The Kier molecular flexibility index (Phi) is 20.6. The van der Waals surface area contributed by atoms with Gasteiger partial charge in [-0.05, 0) is 12.8 Å². The summed E-state index contributed by atoms with van der Waals surface area (Å²) >= 11 is 0. The highest BCUT2D eigenvalue weighted by molar-refractivity contribution is 5.73. The maximum absolute atomic E-state index is 10.4. The van der Waals surface area contributed by atoms with E-state index >= 15 is 0 Å². The Labute approximate surface area is 113 Å². The molecule has 0 saturated carbocycles. The number of rotatable bonds is 11. The zero-order valence-electron chi connectivity index (χ0n) is 12.4. The number of hydrogen-bond acceptors (Lipinski definition) is 1. The normalized spacial score (nSPS) is 9.72. The van der Waals surface area contributed by atoms with Crippen LogP contribution in [0.3, 0.4) is 0 Å². The number of amides is 1. The molecular formula is C15H32NO2. The molecule has 1 radical (unpaired) electrons. The summed E-state index contributed by atoms with van der Waals surface area (Å²) < 4.78 is 0. The summed E-state index contributed by atoms with van der Waals surface area (Å²) in [4.78, 5) is 10.4. The van der Waals surface area contributed by atoms with E-state index in [0.29, 0.717) is 6.42 Å². The molecule has 18 heavy (non-hydrogen) atoms. The van der Waals surface area contributed by atoms with E-state index in [9.17, 15) is 9.90 Å². The van der Waals surface area contributed by atoms with Crippen LogP contribution in [0.25, 0.3) is 0 Å². The molecule has 0 aromatic carbocycles. The molecule has 0 saturated heterocycles. The van der Waals surface area contributed by atoms with E-state index < -0.39 is 0 Å². The van der Waals surface area contributed by atoms with E-state index in [0.717, 1.165) is 19.3 Å². The van der Waals surface area contributed by atoms with Crippen LogP contribution in [0.5, 0.6) is 0 Å². The van der Waals surface area contributed by atoms with E-state index in [1.54, 1.807) is 0 Å². The van der Waals surface area contributed by atoms with Crippen LogP contribution in [-0.2, 0) is 9.90 Å². The summed E-state index contributed by atoms with van der Waals surface area (Å²) in [6.07, 6.45) is 12.9. The lowest BCUT2D eigenvalue weighted by molar-refractivity contribution is -0.118. The predicted octanol–water partition coefficient (Wildman–Crippen LogP) is 4.22. The molecule has 0 aromatic heterocycles. The quantitative estimate of drug-likeness (QED) is 0.554. The van der Waals surface area contributed by atoms with Crippen LogP contribution in [-0.4, -0.2) is 12.5 Å². The Morgan fingerprint density at radius 1 is 0.778 bits per heavy atom. The first-order valence-corrected chi connectivity index (χ1v) is 7.55.